The molecule has 176 valence electrons. The molecule has 0 aliphatic heterocycles. The summed E-state index contributed by atoms with van der Waals surface area (Å²) in [6.45, 7) is 5.79. The molecular formula is C24H34FIN4O2. The van der Waals surface area contributed by atoms with Gasteiger partial charge in [0, 0.05) is 32.7 Å². The molecular weight excluding hydrogens is 522 g/mol. The van der Waals surface area contributed by atoms with Crippen LogP contribution in [0.15, 0.2) is 53.5 Å². The summed E-state index contributed by atoms with van der Waals surface area (Å²) in [6, 6.07) is 14.1. The summed E-state index contributed by atoms with van der Waals surface area (Å²) in [4.78, 5) is 18.3. The summed E-state index contributed by atoms with van der Waals surface area (Å²) in [5.41, 5.74) is 1.75. The van der Waals surface area contributed by atoms with Gasteiger partial charge in [-0.05, 0) is 49.6 Å². The second-order valence-corrected chi connectivity index (χ2v) is 7.37. The number of carbonyl (C=O) groups excluding carboxylic acids is 1. The monoisotopic (exact) mass is 556 g/mol. The fourth-order valence-corrected chi connectivity index (χ4v) is 2.95. The van der Waals surface area contributed by atoms with Crippen LogP contribution in [0.4, 0.5) is 4.39 Å². The number of hydrogen-bond donors (Lipinski definition) is 2. The summed E-state index contributed by atoms with van der Waals surface area (Å²) >= 11 is 0. The maximum atomic E-state index is 13.8. The number of amides is 1. The molecule has 1 unspecified atom stereocenters. The Hall–Kier alpha value is -2.36. The molecule has 1 atom stereocenters. The number of ether oxygens (including phenoxy) is 1. The van der Waals surface area contributed by atoms with Gasteiger partial charge in [-0.3, -0.25) is 4.79 Å². The number of aliphatic imine (C=N–C) groups is 1. The molecule has 8 heteroatoms. The average Bonchev–Trinajstić information content (AvgIpc) is 2.77. The first-order chi connectivity index (χ1) is 14.9. The third kappa shape index (κ3) is 9.02. The van der Waals surface area contributed by atoms with Crippen molar-refractivity contribution < 1.29 is 13.9 Å². The third-order valence-electron chi connectivity index (χ3n) is 4.67. The lowest BCUT2D eigenvalue weighted by Crippen LogP contribution is -2.39. The van der Waals surface area contributed by atoms with E-state index in [9.17, 15) is 9.18 Å². The molecule has 2 N–H and O–H groups in total. The van der Waals surface area contributed by atoms with E-state index in [4.69, 9.17) is 4.74 Å². The number of hydrogen-bond acceptors (Lipinski definition) is 3. The van der Waals surface area contributed by atoms with Crippen LogP contribution in [0.3, 0.4) is 0 Å². The normalized spacial score (nSPS) is 11.8. The first kappa shape index (κ1) is 27.7. The molecule has 1 amide bonds. The number of rotatable bonds is 10. The molecule has 0 bridgehead atoms. The van der Waals surface area contributed by atoms with Gasteiger partial charge in [-0.15, -0.1) is 24.0 Å². The van der Waals surface area contributed by atoms with Crippen molar-refractivity contribution in [1.82, 2.24) is 15.5 Å². The molecule has 0 saturated carbocycles. The minimum absolute atomic E-state index is 0. The summed E-state index contributed by atoms with van der Waals surface area (Å²) in [5, 5.41) is 6.53. The van der Waals surface area contributed by atoms with Crippen LogP contribution in [0.1, 0.15) is 36.2 Å². The van der Waals surface area contributed by atoms with Crippen molar-refractivity contribution in [3.8, 4) is 5.75 Å². The zero-order valence-electron chi connectivity index (χ0n) is 19.2. The van der Waals surface area contributed by atoms with Crippen molar-refractivity contribution >= 4 is 35.8 Å². The molecule has 0 aliphatic carbocycles. The van der Waals surface area contributed by atoms with Gasteiger partial charge in [0.05, 0.1) is 6.54 Å². The summed E-state index contributed by atoms with van der Waals surface area (Å²) in [7, 11) is 3.49. The summed E-state index contributed by atoms with van der Waals surface area (Å²) in [5.74, 6) is 0.545. The molecule has 2 aromatic carbocycles. The minimum atomic E-state index is -0.370. The molecule has 0 aromatic heterocycles. The maximum Gasteiger partial charge on any atom is 0.253 e. The Kier molecular flexibility index (Phi) is 12.7. The SMILES string of the molecule is CCNC(=NCC(CC)Oc1ccccc1F)NCCc1cccc(C(=O)N(C)C)c1.I. The van der Waals surface area contributed by atoms with Crippen LogP contribution in [0, 0.1) is 5.82 Å². The van der Waals surface area contributed by atoms with Crippen LogP contribution in [0.5, 0.6) is 5.75 Å². The quantitative estimate of drug-likeness (QED) is 0.263. The Bertz CT molecular complexity index is 877. The van der Waals surface area contributed by atoms with Gasteiger partial charge in [-0.1, -0.05) is 31.2 Å². The maximum absolute atomic E-state index is 13.8. The summed E-state index contributed by atoms with van der Waals surface area (Å²) in [6.07, 6.45) is 1.24. The van der Waals surface area contributed by atoms with Crippen molar-refractivity contribution in [3.63, 3.8) is 0 Å². The lowest BCUT2D eigenvalue weighted by Gasteiger charge is -2.17. The molecule has 0 heterocycles. The van der Waals surface area contributed by atoms with Gasteiger partial charge >= 0.3 is 0 Å². The molecule has 0 saturated heterocycles. The molecule has 2 rings (SSSR count). The number of para-hydroxylation sites is 1. The van der Waals surface area contributed by atoms with Crippen LogP contribution in [0.25, 0.3) is 0 Å². The van der Waals surface area contributed by atoms with Crippen LogP contribution >= 0.6 is 24.0 Å². The van der Waals surface area contributed by atoms with E-state index < -0.39 is 0 Å². The fourth-order valence-electron chi connectivity index (χ4n) is 2.95. The van der Waals surface area contributed by atoms with Gasteiger partial charge in [0.25, 0.3) is 5.91 Å². The Morgan fingerprint density at radius 3 is 2.53 bits per heavy atom. The Balaban J connectivity index is 0.00000512. The van der Waals surface area contributed by atoms with Gasteiger partial charge in [0.2, 0.25) is 0 Å². The number of carbonyl (C=O) groups is 1. The van der Waals surface area contributed by atoms with E-state index in [1.54, 1.807) is 37.2 Å². The van der Waals surface area contributed by atoms with E-state index in [1.807, 2.05) is 38.1 Å². The zero-order valence-corrected chi connectivity index (χ0v) is 21.6. The molecule has 0 spiro atoms. The predicted octanol–water partition coefficient (Wildman–Crippen LogP) is 4.10. The second kappa shape index (κ2) is 14.7. The van der Waals surface area contributed by atoms with Crippen LogP contribution < -0.4 is 15.4 Å². The van der Waals surface area contributed by atoms with Crippen molar-refractivity contribution in [1.29, 1.82) is 0 Å². The van der Waals surface area contributed by atoms with Crippen molar-refractivity contribution in [3.05, 3.63) is 65.5 Å². The first-order valence-corrected chi connectivity index (χ1v) is 10.7. The highest BCUT2D eigenvalue weighted by Crippen LogP contribution is 2.18. The highest BCUT2D eigenvalue weighted by molar-refractivity contribution is 14.0. The van der Waals surface area contributed by atoms with E-state index >= 15 is 0 Å². The Labute approximate surface area is 207 Å². The third-order valence-corrected chi connectivity index (χ3v) is 4.67. The van der Waals surface area contributed by atoms with Crippen LogP contribution in [-0.4, -0.2) is 56.6 Å². The van der Waals surface area contributed by atoms with Gasteiger partial charge in [-0.25, -0.2) is 9.38 Å². The van der Waals surface area contributed by atoms with E-state index in [0.29, 0.717) is 31.0 Å². The highest BCUT2D eigenvalue weighted by atomic mass is 127. The Morgan fingerprint density at radius 1 is 1.12 bits per heavy atom. The molecule has 0 aliphatic rings. The number of nitrogens with zero attached hydrogens (tertiary/aromatic N) is 2. The van der Waals surface area contributed by atoms with E-state index in [2.05, 4.69) is 15.6 Å². The van der Waals surface area contributed by atoms with Crippen molar-refractivity contribution in [2.24, 2.45) is 4.99 Å². The molecule has 32 heavy (non-hydrogen) atoms. The van der Waals surface area contributed by atoms with Gasteiger partial charge in [0.1, 0.15) is 6.10 Å². The van der Waals surface area contributed by atoms with E-state index in [1.165, 1.54) is 6.07 Å². The standard InChI is InChI=1S/C24H33FN4O2.HI/c1-5-20(31-22-13-8-7-12-21(22)25)17-28-24(26-6-2)27-15-14-18-10-9-11-19(16-18)23(30)29(3)4;/h7-13,16,20H,5-6,14-15,17H2,1-4H3,(H2,26,27,28);1H. The fraction of sp³-hybridized carbons (Fsp3) is 0.417. The lowest BCUT2D eigenvalue weighted by molar-refractivity contribution is 0.0827. The molecule has 2 aromatic rings. The molecule has 0 radical (unpaired) electrons. The summed E-state index contributed by atoms with van der Waals surface area (Å²) < 4.78 is 19.6. The Morgan fingerprint density at radius 2 is 1.88 bits per heavy atom. The number of halogens is 2. The zero-order chi connectivity index (χ0) is 22.6. The number of nitrogens with one attached hydrogen (secondary N) is 2. The van der Waals surface area contributed by atoms with Gasteiger partial charge in [-0.2, -0.15) is 0 Å². The number of guanidine groups is 1. The largest absolute Gasteiger partial charge is 0.485 e. The van der Waals surface area contributed by atoms with Crippen molar-refractivity contribution in [2.45, 2.75) is 32.8 Å². The smallest absolute Gasteiger partial charge is 0.253 e. The minimum Gasteiger partial charge on any atom is -0.485 e. The molecule has 6 nitrogen and oxygen atoms in total. The first-order valence-electron chi connectivity index (χ1n) is 10.7. The average molecular weight is 556 g/mol. The van der Waals surface area contributed by atoms with Gasteiger partial charge < -0.3 is 20.3 Å². The highest BCUT2D eigenvalue weighted by Gasteiger charge is 2.12. The topological polar surface area (TPSA) is 66.0 Å². The van der Waals surface area contributed by atoms with Crippen molar-refractivity contribution in [2.75, 3.05) is 33.7 Å². The second-order valence-electron chi connectivity index (χ2n) is 7.37. The van der Waals surface area contributed by atoms with Gasteiger partial charge in [0.15, 0.2) is 17.5 Å². The predicted molar refractivity (Wildman–Crippen MR) is 139 cm³/mol. The number of benzene rings is 2. The van der Waals surface area contributed by atoms with E-state index in [-0.39, 0.29) is 47.6 Å². The van der Waals surface area contributed by atoms with E-state index in [0.717, 1.165) is 18.5 Å². The molecule has 0 fully saturated rings. The van der Waals surface area contributed by atoms with Crippen LogP contribution in [0.2, 0.25) is 0 Å². The lowest BCUT2D eigenvalue weighted by atomic mass is 10.1. The van der Waals surface area contributed by atoms with Crippen LogP contribution in [-0.2, 0) is 6.42 Å².